The van der Waals surface area contributed by atoms with Gasteiger partial charge in [-0.05, 0) is 67.5 Å². The molecule has 0 aromatic heterocycles. The molecule has 2 fully saturated rings. The zero-order valence-corrected chi connectivity index (χ0v) is 19.1. The fourth-order valence-corrected chi connectivity index (χ4v) is 5.31. The largest absolute Gasteiger partial charge is 0.369 e. The summed E-state index contributed by atoms with van der Waals surface area (Å²) in [6.07, 6.45) is 2.30. The van der Waals surface area contributed by atoms with Crippen molar-refractivity contribution < 1.29 is 9.59 Å². The van der Waals surface area contributed by atoms with E-state index in [2.05, 4.69) is 40.5 Å². The third-order valence-corrected chi connectivity index (χ3v) is 6.80. The van der Waals surface area contributed by atoms with Gasteiger partial charge in [0.2, 0.25) is 5.91 Å². The number of allylic oxidation sites excluding steroid dienone is 1. The number of fused-ring (bicyclic) bond motifs is 2. The Labute approximate surface area is 189 Å². The molecule has 0 radical (unpaired) electrons. The highest BCUT2D eigenvalue weighted by Gasteiger charge is 2.50. The number of hydrogen-bond donors (Lipinski definition) is 2. The molecule has 3 N–H and O–H groups in total. The van der Waals surface area contributed by atoms with Gasteiger partial charge in [0.25, 0.3) is 0 Å². The fourth-order valence-electron chi connectivity index (χ4n) is 5.31. The molecule has 2 unspecified atom stereocenters. The van der Waals surface area contributed by atoms with Gasteiger partial charge in [0.15, 0.2) is 0 Å². The summed E-state index contributed by atoms with van der Waals surface area (Å²) in [6, 6.07) is 14.5. The zero-order valence-electron chi connectivity index (χ0n) is 19.1. The van der Waals surface area contributed by atoms with Crippen LogP contribution in [0, 0.1) is 11.8 Å². The minimum atomic E-state index is -0.419. The van der Waals surface area contributed by atoms with Crippen LogP contribution in [0.5, 0.6) is 0 Å². The van der Waals surface area contributed by atoms with E-state index in [1.54, 1.807) is 0 Å². The predicted molar refractivity (Wildman–Crippen MR) is 127 cm³/mol. The van der Waals surface area contributed by atoms with Crippen molar-refractivity contribution >= 4 is 28.3 Å². The molecule has 3 aliphatic rings. The second-order valence-corrected chi connectivity index (χ2v) is 10.4. The van der Waals surface area contributed by atoms with Crippen LogP contribution in [0.2, 0.25) is 0 Å². The molecule has 1 saturated heterocycles. The van der Waals surface area contributed by atoms with Crippen LogP contribution in [0.1, 0.15) is 39.2 Å². The summed E-state index contributed by atoms with van der Waals surface area (Å²) in [4.78, 5) is 29.9. The molecule has 2 aliphatic heterocycles. The van der Waals surface area contributed by atoms with Gasteiger partial charge < -0.3 is 20.9 Å². The van der Waals surface area contributed by atoms with E-state index >= 15 is 0 Å². The quantitative estimate of drug-likeness (QED) is 0.778. The van der Waals surface area contributed by atoms with Gasteiger partial charge in [-0.15, -0.1) is 0 Å². The number of nitrogens with two attached hydrogens (primary N) is 1. The average Bonchev–Trinajstić information content (AvgIpc) is 3.52. The number of rotatable bonds is 3. The van der Waals surface area contributed by atoms with Gasteiger partial charge in [0.1, 0.15) is 0 Å². The number of benzene rings is 2. The molecule has 0 bridgehead atoms. The number of carbonyl (C=O) groups excluding carboxylic acids is 2. The molecule has 2 aromatic rings. The Morgan fingerprint density at radius 2 is 1.75 bits per heavy atom. The van der Waals surface area contributed by atoms with Crippen molar-refractivity contribution in [2.75, 3.05) is 19.6 Å². The number of nitrogens with zero attached hydrogens (tertiary/aromatic N) is 2. The van der Waals surface area contributed by atoms with Crippen molar-refractivity contribution in [3.63, 3.8) is 0 Å². The molecule has 1 aliphatic carbocycles. The molecule has 168 valence electrons. The third kappa shape index (κ3) is 3.72. The predicted octanol–water partition coefficient (Wildman–Crippen LogP) is 3.57. The maximum absolute atomic E-state index is 12.9. The van der Waals surface area contributed by atoms with Gasteiger partial charge in [-0.1, -0.05) is 36.4 Å². The summed E-state index contributed by atoms with van der Waals surface area (Å²) >= 11 is 0. The Kier molecular flexibility index (Phi) is 4.91. The lowest BCUT2D eigenvalue weighted by Gasteiger charge is -2.42. The molecule has 3 amide bonds. The second-order valence-electron chi connectivity index (χ2n) is 10.4. The Balaban J connectivity index is 1.53. The molecule has 0 spiro atoms. The van der Waals surface area contributed by atoms with Crippen LogP contribution >= 0.6 is 0 Å². The van der Waals surface area contributed by atoms with Crippen LogP contribution in [-0.2, 0) is 4.79 Å². The second kappa shape index (κ2) is 7.54. The van der Waals surface area contributed by atoms with Crippen molar-refractivity contribution in [3.8, 4) is 0 Å². The van der Waals surface area contributed by atoms with E-state index < -0.39 is 5.92 Å². The van der Waals surface area contributed by atoms with Crippen LogP contribution in [0.3, 0.4) is 0 Å². The molecule has 2 heterocycles. The average molecular weight is 433 g/mol. The number of amides is 3. The first-order chi connectivity index (χ1) is 15.2. The lowest BCUT2D eigenvalue weighted by atomic mass is 9.86. The van der Waals surface area contributed by atoms with Gasteiger partial charge in [0.05, 0.1) is 12.0 Å². The summed E-state index contributed by atoms with van der Waals surface area (Å²) < 4.78 is 0. The number of hydrogen-bond acceptors (Lipinski definition) is 3. The molecule has 2 aromatic carbocycles. The number of urea groups is 1. The Morgan fingerprint density at radius 1 is 1.03 bits per heavy atom. The third-order valence-electron chi connectivity index (χ3n) is 6.80. The SMILES string of the molecule is CC(C)(C)NC(=O)N1CCN2C(C3CC3)=C(c3ccc4ccccc4c3)C(C(N)=O)C2C1. The lowest BCUT2D eigenvalue weighted by Crippen LogP contribution is -2.59. The molecule has 5 rings (SSSR count). The number of nitrogens with one attached hydrogen (secondary N) is 1. The van der Waals surface area contributed by atoms with Crippen molar-refractivity contribution in [3.05, 3.63) is 53.7 Å². The van der Waals surface area contributed by atoms with Crippen LogP contribution in [0.15, 0.2) is 48.2 Å². The minimum Gasteiger partial charge on any atom is -0.369 e. The summed E-state index contributed by atoms with van der Waals surface area (Å²) in [5.41, 5.74) is 9.17. The molecular weight excluding hydrogens is 400 g/mol. The monoisotopic (exact) mass is 432 g/mol. The minimum absolute atomic E-state index is 0.0764. The molecule has 6 nitrogen and oxygen atoms in total. The Bertz CT molecular complexity index is 1110. The van der Waals surface area contributed by atoms with Crippen LogP contribution in [-0.4, -0.2) is 53.0 Å². The van der Waals surface area contributed by atoms with E-state index in [9.17, 15) is 9.59 Å². The van der Waals surface area contributed by atoms with E-state index in [0.29, 0.717) is 19.0 Å². The summed E-state index contributed by atoms with van der Waals surface area (Å²) in [5, 5.41) is 5.40. The first-order valence-corrected chi connectivity index (χ1v) is 11.6. The van der Waals surface area contributed by atoms with Crippen LogP contribution < -0.4 is 11.1 Å². The smallest absolute Gasteiger partial charge is 0.317 e. The molecule has 32 heavy (non-hydrogen) atoms. The van der Waals surface area contributed by atoms with Gasteiger partial charge in [-0.2, -0.15) is 0 Å². The summed E-state index contributed by atoms with van der Waals surface area (Å²) in [7, 11) is 0. The van der Waals surface area contributed by atoms with E-state index in [-0.39, 0.29) is 23.5 Å². The van der Waals surface area contributed by atoms with Gasteiger partial charge >= 0.3 is 6.03 Å². The standard InChI is InChI=1S/C26H32N4O2/c1-26(2,3)28-25(32)29-12-13-30-20(15-29)22(24(27)31)21(23(30)17-9-10-17)19-11-8-16-6-4-5-7-18(16)14-19/h4-8,11,14,17,20,22H,9-10,12-13,15H2,1-3H3,(H2,27,31)(H,28,32). The summed E-state index contributed by atoms with van der Waals surface area (Å²) in [6.45, 7) is 7.82. The highest BCUT2D eigenvalue weighted by atomic mass is 16.2. The number of primary amides is 1. The first kappa shape index (κ1) is 20.9. The molecule has 1 saturated carbocycles. The topological polar surface area (TPSA) is 78.7 Å². The highest BCUT2D eigenvalue weighted by molar-refractivity contribution is 5.97. The number of carbonyl (C=O) groups is 2. The zero-order chi connectivity index (χ0) is 22.6. The molecule has 6 heteroatoms. The van der Waals surface area contributed by atoms with Gasteiger partial charge in [0, 0.05) is 30.9 Å². The Hall–Kier alpha value is -3.02. The van der Waals surface area contributed by atoms with E-state index in [1.807, 2.05) is 37.8 Å². The van der Waals surface area contributed by atoms with Crippen LogP contribution in [0.25, 0.3) is 16.3 Å². The van der Waals surface area contributed by atoms with Crippen molar-refractivity contribution in [2.45, 2.75) is 45.2 Å². The van der Waals surface area contributed by atoms with Crippen LogP contribution in [0.4, 0.5) is 4.79 Å². The van der Waals surface area contributed by atoms with Gasteiger partial charge in [-0.25, -0.2) is 4.79 Å². The first-order valence-electron chi connectivity index (χ1n) is 11.6. The maximum Gasteiger partial charge on any atom is 0.317 e. The lowest BCUT2D eigenvalue weighted by molar-refractivity contribution is -0.121. The normalized spacial score (nSPS) is 23.5. The van der Waals surface area contributed by atoms with E-state index in [1.165, 1.54) is 11.1 Å². The highest BCUT2D eigenvalue weighted by Crippen LogP contribution is 2.51. The van der Waals surface area contributed by atoms with Crippen molar-refractivity contribution in [2.24, 2.45) is 17.6 Å². The molecular formula is C26H32N4O2. The van der Waals surface area contributed by atoms with Crippen molar-refractivity contribution in [1.29, 1.82) is 0 Å². The fraction of sp³-hybridized carbons (Fsp3) is 0.462. The number of piperazine rings is 1. The summed E-state index contributed by atoms with van der Waals surface area (Å²) in [5.74, 6) is -0.243. The Morgan fingerprint density at radius 3 is 2.41 bits per heavy atom. The molecule has 2 atom stereocenters. The van der Waals surface area contributed by atoms with Gasteiger partial charge in [-0.3, -0.25) is 4.79 Å². The van der Waals surface area contributed by atoms with E-state index in [4.69, 9.17) is 5.73 Å². The maximum atomic E-state index is 12.9. The van der Waals surface area contributed by atoms with E-state index in [0.717, 1.165) is 35.9 Å². The van der Waals surface area contributed by atoms with Crippen molar-refractivity contribution in [1.82, 2.24) is 15.1 Å².